The van der Waals surface area contributed by atoms with Crippen LogP contribution in [-0.4, -0.2) is 20.1 Å². The molecule has 0 aliphatic carbocycles. The Kier molecular flexibility index (Phi) is 6.81. The SMILES string of the molecule is c1ccc(N2c3cc4c(cc3B3c5c2cccc5N(c2ccccc2)c2cc5c6c(c23)Oc2ccccc2B6c2ccccc2O5)B2c3ccccc3Sc3cccc(c32)O4)cc1. The van der Waals surface area contributed by atoms with Crippen LogP contribution in [0.2, 0.25) is 0 Å². The average molecular weight is 820 g/mol. The Labute approximate surface area is 369 Å². The summed E-state index contributed by atoms with van der Waals surface area (Å²) in [6.45, 7) is -0.267. The Bertz CT molecular complexity index is 3450. The monoisotopic (exact) mass is 820 g/mol. The molecule has 0 atom stereocenters. The van der Waals surface area contributed by atoms with Gasteiger partial charge in [-0.2, -0.15) is 0 Å². The van der Waals surface area contributed by atoms with Crippen LogP contribution in [0.25, 0.3) is 0 Å². The van der Waals surface area contributed by atoms with E-state index in [9.17, 15) is 0 Å². The second kappa shape index (κ2) is 12.6. The molecule has 290 valence electrons. The van der Waals surface area contributed by atoms with Crippen molar-refractivity contribution < 1.29 is 14.2 Å². The molecule has 5 nitrogen and oxygen atoms in total. The molecule has 0 saturated heterocycles. The molecule has 0 fully saturated rings. The van der Waals surface area contributed by atoms with E-state index in [0.29, 0.717) is 0 Å². The molecule has 0 saturated carbocycles. The number of fused-ring (bicyclic) bond motifs is 13. The van der Waals surface area contributed by atoms with Crippen LogP contribution in [-0.2, 0) is 0 Å². The Balaban J connectivity index is 1.07. The minimum Gasteiger partial charge on any atom is -0.459 e. The number of rotatable bonds is 2. The lowest BCUT2D eigenvalue weighted by molar-refractivity contribution is 0.467. The molecule has 0 radical (unpaired) electrons. The molecule has 0 N–H and O–H groups in total. The van der Waals surface area contributed by atoms with Crippen LogP contribution in [0.15, 0.2) is 198 Å². The molecule has 6 aliphatic heterocycles. The molecule has 9 aromatic carbocycles. The zero-order valence-corrected chi connectivity index (χ0v) is 34.5. The van der Waals surface area contributed by atoms with Crippen molar-refractivity contribution >= 4 is 115 Å². The maximum Gasteiger partial charge on any atom is 0.260 e. The molecule has 63 heavy (non-hydrogen) atoms. The first kappa shape index (κ1) is 34.2. The van der Waals surface area contributed by atoms with Gasteiger partial charge in [0.25, 0.3) is 20.1 Å². The Hall–Kier alpha value is -7.48. The highest BCUT2D eigenvalue weighted by atomic mass is 32.2. The van der Waals surface area contributed by atoms with Gasteiger partial charge in [0.05, 0.1) is 0 Å². The predicted molar refractivity (Wildman–Crippen MR) is 260 cm³/mol. The number of ether oxygens (including phenoxy) is 3. The third kappa shape index (κ3) is 4.57. The van der Waals surface area contributed by atoms with Crippen molar-refractivity contribution in [2.45, 2.75) is 9.79 Å². The lowest BCUT2D eigenvalue weighted by Gasteiger charge is -2.46. The van der Waals surface area contributed by atoms with E-state index in [1.165, 1.54) is 37.1 Å². The highest BCUT2D eigenvalue weighted by molar-refractivity contribution is 8.00. The number of hydrogen-bond donors (Lipinski definition) is 0. The summed E-state index contributed by atoms with van der Waals surface area (Å²) in [4.78, 5) is 7.40. The highest BCUT2D eigenvalue weighted by Crippen LogP contribution is 2.48. The van der Waals surface area contributed by atoms with Crippen LogP contribution in [0.5, 0.6) is 34.5 Å². The maximum atomic E-state index is 7.38. The fraction of sp³-hybridized carbons (Fsp3) is 0. The van der Waals surface area contributed by atoms with Crippen molar-refractivity contribution in [2.75, 3.05) is 9.80 Å². The molecule has 15 rings (SSSR count). The summed E-state index contributed by atoms with van der Waals surface area (Å²) in [7, 11) is 0. The van der Waals surface area contributed by atoms with Crippen molar-refractivity contribution in [3.63, 3.8) is 0 Å². The van der Waals surface area contributed by atoms with E-state index in [2.05, 4.69) is 198 Å². The number of hydrogen-bond acceptors (Lipinski definition) is 6. The summed E-state index contributed by atoms with van der Waals surface area (Å²) in [5.74, 6) is 5.25. The van der Waals surface area contributed by atoms with Gasteiger partial charge in [0.15, 0.2) is 0 Å². The first-order valence-corrected chi connectivity index (χ1v) is 22.4. The van der Waals surface area contributed by atoms with Crippen molar-refractivity contribution in [3.8, 4) is 34.5 Å². The van der Waals surface area contributed by atoms with Crippen LogP contribution < -0.4 is 73.2 Å². The van der Waals surface area contributed by atoms with Crippen LogP contribution in [0.1, 0.15) is 0 Å². The van der Waals surface area contributed by atoms with E-state index in [4.69, 9.17) is 14.2 Å². The van der Waals surface area contributed by atoms with E-state index in [-0.39, 0.29) is 20.1 Å². The molecule has 6 aliphatic rings. The third-order valence-electron chi connectivity index (χ3n) is 13.9. The molecule has 9 heteroatoms. The largest absolute Gasteiger partial charge is 0.459 e. The molecule has 0 amide bonds. The molecule has 9 aromatic rings. The summed E-state index contributed by atoms with van der Waals surface area (Å²) in [6.07, 6.45) is 0. The van der Waals surface area contributed by atoms with Crippen LogP contribution in [0.3, 0.4) is 0 Å². The normalized spacial score (nSPS) is 14.5. The fourth-order valence-electron chi connectivity index (χ4n) is 11.4. The standard InChI is InChI=1S/C54H31B3N2O3S/c1-3-15-32(16-4-1)58-39-22-13-23-40-50(39)57(37-29-38-46(30-41(37)58)61-45-26-14-28-49-52(45)56(38)36-21-9-12-27-48(36)63-49)51-42(59(40)33-17-5-2-6-18-33)31-47-53-54(51)62-44-25-11-8-20-35(44)55(53)34-19-7-10-24-43(34)60-47/h1-31H. The van der Waals surface area contributed by atoms with Crippen molar-refractivity contribution in [1.29, 1.82) is 0 Å². The quantitative estimate of drug-likeness (QED) is 0.168. The molecular formula is C54H31B3N2O3S. The second-order valence-corrected chi connectivity index (χ2v) is 18.1. The van der Waals surface area contributed by atoms with Gasteiger partial charge in [-0.25, -0.2) is 0 Å². The smallest absolute Gasteiger partial charge is 0.260 e. The van der Waals surface area contributed by atoms with E-state index in [1.807, 2.05) is 11.8 Å². The van der Waals surface area contributed by atoms with E-state index >= 15 is 0 Å². The van der Waals surface area contributed by atoms with Gasteiger partial charge in [0.1, 0.15) is 34.5 Å². The fourth-order valence-corrected chi connectivity index (χ4v) is 12.6. The van der Waals surface area contributed by atoms with Crippen LogP contribution >= 0.6 is 11.8 Å². The van der Waals surface area contributed by atoms with Gasteiger partial charge >= 0.3 is 0 Å². The molecule has 0 unspecified atom stereocenters. The molecular weight excluding hydrogens is 789 g/mol. The van der Waals surface area contributed by atoms with Crippen LogP contribution in [0, 0.1) is 0 Å². The Morgan fingerprint density at radius 2 is 0.873 bits per heavy atom. The third-order valence-corrected chi connectivity index (χ3v) is 15.0. The molecule has 6 heterocycles. The molecule has 0 spiro atoms. The first-order valence-electron chi connectivity index (χ1n) is 21.6. The number of para-hydroxylation sites is 4. The van der Waals surface area contributed by atoms with Gasteiger partial charge in [0, 0.05) is 61.5 Å². The van der Waals surface area contributed by atoms with Crippen molar-refractivity contribution in [1.82, 2.24) is 0 Å². The lowest BCUT2D eigenvalue weighted by atomic mass is 9.29. The summed E-state index contributed by atoms with van der Waals surface area (Å²) in [5, 5.41) is 0. The molecule has 0 bridgehead atoms. The highest BCUT2D eigenvalue weighted by Gasteiger charge is 2.51. The summed E-state index contributed by atoms with van der Waals surface area (Å²) in [6, 6.07) is 67.8. The second-order valence-electron chi connectivity index (χ2n) is 17.0. The number of benzene rings is 9. The Morgan fingerprint density at radius 1 is 0.317 bits per heavy atom. The van der Waals surface area contributed by atoms with Gasteiger partial charge in [0.2, 0.25) is 0 Å². The number of anilines is 6. The van der Waals surface area contributed by atoms with Gasteiger partial charge < -0.3 is 24.0 Å². The Morgan fingerprint density at radius 3 is 1.62 bits per heavy atom. The number of nitrogens with zero attached hydrogens (tertiary/aromatic N) is 2. The van der Waals surface area contributed by atoms with E-state index in [0.717, 1.165) is 90.5 Å². The summed E-state index contributed by atoms with van der Waals surface area (Å²) in [5.41, 5.74) is 17.2. The topological polar surface area (TPSA) is 34.2 Å². The van der Waals surface area contributed by atoms with Gasteiger partial charge in [-0.3, -0.25) is 0 Å². The van der Waals surface area contributed by atoms with Crippen molar-refractivity contribution in [2.24, 2.45) is 0 Å². The van der Waals surface area contributed by atoms with E-state index < -0.39 is 0 Å². The van der Waals surface area contributed by atoms with Gasteiger partial charge in [-0.1, -0.05) is 126 Å². The minimum atomic E-state index is -0.209. The van der Waals surface area contributed by atoms with Crippen LogP contribution in [0.4, 0.5) is 34.1 Å². The maximum absolute atomic E-state index is 7.38. The van der Waals surface area contributed by atoms with Gasteiger partial charge in [-0.05, 0) is 105 Å². The minimum absolute atomic E-state index is 0.00712. The average Bonchev–Trinajstić information content (AvgIpc) is 3.33. The predicted octanol–water partition coefficient (Wildman–Crippen LogP) is 7.58. The summed E-state index contributed by atoms with van der Waals surface area (Å²) < 4.78 is 21.4. The van der Waals surface area contributed by atoms with Crippen molar-refractivity contribution in [3.05, 3.63) is 188 Å². The van der Waals surface area contributed by atoms with Gasteiger partial charge in [-0.15, -0.1) is 0 Å². The first-order chi connectivity index (χ1) is 31.3. The lowest BCUT2D eigenvalue weighted by Crippen LogP contribution is -2.66. The zero-order chi connectivity index (χ0) is 40.9. The summed E-state index contributed by atoms with van der Waals surface area (Å²) >= 11 is 1.84. The van der Waals surface area contributed by atoms with E-state index in [1.54, 1.807) is 0 Å². The zero-order valence-electron chi connectivity index (χ0n) is 33.7. The molecule has 0 aromatic heterocycles.